The molecular formula is C18H25BrFNO3Si. The Labute approximate surface area is 157 Å². The summed E-state index contributed by atoms with van der Waals surface area (Å²) in [5, 5.41) is 9.44. The molecule has 1 spiro atoms. The number of hydrogen-bond acceptors (Lipinski definition) is 3. The van der Waals surface area contributed by atoms with E-state index in [2.05, 4.69) is 15.9 Å². The van der Waals surface area contributed by atoms with Crippen LogP contribution in [-0.2, 0) is 15.1 Å². The van der Waals surface area contributed by atoms with E-state index in [0.29, 0.717) is 6.42 Å². The minimum atomic E-state index is -3.10. The maximum Gasteiger partial charge on any atom is 0.264 e. The number of nitrogens with zero attached hydrogens (tertiary/aromatic N) is 1. The van der Waals surface area contributed by atoms with Gasteiger partial charge >= 0.3 is 0 Å². The van der Waals surface area contributed by atoms with E-state index in [0.717, 1.165) is 21.3 Å². The van der Waals surface area contributed by atoms with Crippen LogP contribution in [0.5, 0.6) is 0 Å². The lowest BCUT2D eigenvalue weighted by Crippen LogP contribution is -2.44. The van der Waals surface area contributed by atoms with Crippen molar-refractivity contribution in [3.05, 3.63) is 27.7 Å². The smallest absolute Gasteiger partial charge is 0.264 e. The van der Waals surface area contributed by atoms with E-state index in [1.165, 1.54) is 0 Å². The Hall–Kier alpha value is -0.763. The zero-order valence-electron chi connectivity index (χ0n) is 15.3. The molecule has 2 aliphatic rings. The highest BCUT2D eigenvalue weighted by atomic mass is 79.9. The first kappa shape index (κ1) is 19.0. The van der Waals surface area contributed by atoms with Gasteiger partial charge in [0.2, 0.25) is 8.41 Å². The highest BCUT2D eigenvalue weighted by molar-refractivity contribution is 9.10. The minimum Gasteiger partial charge on any atom is -0.396 e. The first-order valence-corrected chi connectivity index (χ1v) is 12.4. The number of amides is 1. The summed E-state index contributed by atoms with van der Waals surface area (Å²) in [6, 6.07) is 3.95. The third kappa shape index (κ3) is 2.62. The second kappa shape index (κ2) is 6.15. The average Bonchev–Trinajstić information content (AvgIpc) is 2.88. The van der Waals surface area contributed by atoms with E-state index in [1.54, 1.807) is 25.0 Å². The Morgan fingerprint density at radius 3 is 2.64 bits per heavy atom. The lowest BCUT2D eigenvalue weighted by Gasteiger charge is -2.31. The summed E-state index contributed by atoms with van der Waals surface area (Å²) < 4.78 is 22.3. The molecule has 0 aliphatic carbocycles. The molecule has 25 heavy (non-hydrogen) atoms. The number of halogens is 2. The van der Waals surface area contributed by atoms with Gasteiger partial charge in [-0.15, -0.1) is 0 Å². The van der Waals surface area contributed by atoms with E-state index < -0.39 is 20.1 Å². The zero-order valence-corrected chi connectivity index (χ0v) is 17.9. The molecule has 0 bridgehead atoms. The molecule has 1 N–H and O–H groups in total. The number of ether oxygens (including phenoxy) is 1. The van der Waals surface area contributed by atoms with Crippen LogP contribution >= 0.6 is 15.9 Å². The molecule has 1 saturated heterocycles. The van der Waals surface area contributed by atoms with Crippen LogP contribution in [0.2, 0.25) is 18.6 Å². The predicted octanol–water partition coefficient (Wildman–Crippen LogP) is 3.89. The molecule has 0 radical (unpaired) electrons. The van der Waals surface area contributed by atoms with Gasteiger partial charge in [-0.3, -0.25) is 4.79 Å². The van der Waals surface area contributed by atoms with E-state index >= 15 is 4.11 Å². The number of likely N-dealkylation sites (N-methyl/N-ethyl adjacent to an activating group) is 1. The third-order valence-corrected chi connectivity index (χ3v) is 8.75. The van der Waals surface area contributed by atoms with Crippen LogP contribution in [0.15, 0.2) is 16.6 Å². The fourth-order valence-electron chi connectivity index (χ4n) is 4.77. The van der Waals surface area contributed by atoms with Crippen molar-refractivity contribution < 1.29 is 18.7 Å². The maximum absolute atomic E-state index is 15.2. The fourth-order valence-corrected chi connectivity index (χ4v) is 8.16. The van der Waals surface area contributed by atoms with Gasteiger partial charge in [-0.25, -0.2) is 0 Å². The Kier molecular flexibility index (Phi) is 4.67. The van der Waals surface area contributed by atoms with Crippen LogP contribution in [0.1, 0.15) is 24.5 Å². The first-order chi connectivity index (χ1) is 11.6. The van der Waals surface area contributed by atoms with E-state index in [-0.39, 0.29) is 24.0 Å². The van der Waals surface area contributed by atoms with Crippen molar-refractivity contribution in [2.45, 2.75) is 50.6 Å². The molecule has 4 atom stereocenters. The highest BCUT2D eigenvalue weighted by Gasteiger charge is 2.66. The number of anilines is 1. The monoisotopic (exact) mass is 429 g/mol. The van der Waals surface area contributed by atoms with Crippen molar-refractivity contribution in [2.75, 3.05) is 18.6 Å². The second-order valence-corrected chi connectivity index (χ2v) is 12.4. The summed E-state index contributed by atoms with van der Waals surface area (Å²) in [7, 11) is -1.37. The van der Waals surface area contributed by atoms with Crippen molar-refractivity contribution in [1.82, 2.24) is 0 Å². The number of hydrogen-bond donors (Lipinski definition) is 1. The molecule has 4 nitrogen and oxygen atoms in total. The maximum atomic E-state index is 15.2. The summed E-state index contributed by atoms with van der Waals surface area (Å²) in [6.07, 6.45) is -0.106. The molecule has 1 amide bonds. The molecule has 2 aliphatic heterocycles. The van der Waals surface area contributed by atoms with Crippen molar-refractivity contribution >= 4 is 35.9 Å². The second-order valence-electron chi connectivity index (χ2n) is 7.79. The Morgan fingerprint density at radius 2 is 2.08 bits per heavy atom. The first-order valence-electron chi connectivity index (χ1n) is 8.62. The molecule has 7 heteroatoms. The van der Waals surface area contributed by atoms with Gasteiger partial charge in [0.1, 0.15) is 0 Å². The number of carbonyl (C=O) groups is 1. The van der Waals surface area contributed by atoms with E-state index in [9.17, 15) is 9.90 Å². The predicted molar refractivity (Wildman–Crippen MR) is 102 cm³/mol. The van der Waals surface area contributed by atoms with Crippen LogP contribution < -0.4 is 4.90 Å². The fraction of sp³-hybridized carbons (Fsp3) is 0.611. The SMILES string of the molecule is Cc1cc(Br)c2c(c1)[C@@]1(O[C@H](CCO)[C@@H]([Si](C)(C)F)[C@@H]1C)C(=O)N2C. The highest BCUT2D eigenvalue weighted by Crippen LogP contribution is 2.60. The lowest BCUT2D eigenvalue weighted by atomic mass is 9.82. The summed E-state index contributed by atoms with van der Waals surface area (Å²) in [5.41, 5.74) is 1.11. The number of carbonyl (C=O) groups excluding carboxylic acids is 1. The summed E-state index contributed by atoms with van der Waals surface area (Å²) in [4.78, 5) is 14.9. The van der Waals surface area contributed by atoms with Gasteiger partial charge < -0.3 is 18.9 Å². The Bertz CT molecular complexity index is 723. The normalized spacial score (nSPS) is 31.9. The van der Waals surface area contributed by atoms with Crippen LogP contribution in [0.3, 0.4) is 0 Å². The number of aliphatic hydroxyl groups excluding tert-OH is 1. The molecule has 1 fully saturated rings. The van der Waals surface area contributed by atoms with Gasteiger partial charge in [0.15, 0.2) is 5.60 Å². The lowest BCUT2D eigenvalue weighted by molar-refractivity contribution is -0.146. The average molecular weight is 430 g/mol. The van der Waals surface area contributed by atoms with E-state index in [1.807, 2.05) is 26.0 Å². The number of aryl methyl sites for hydroxylation is 1. The van der Waals surface area contributed by atoms with Gasteiger partial charge in [0.05, 0.1) is 11.8 Å². The standard InChI is InChI=1S/C18H25BrFNO3Si/c1-10-8-12-15(13(19)9-10)21(3)17(23)18(12)11(2)16(25(4,5)20)14(24-18)6-7-22/h8-9,11,14,16,22H,6-7H2,1-5H3/t11-,14+,16-,18+/m0/s1. The summed E-state index contributed by atoms with van der Waals surface area (Å²) in [6.45, 7) is 7.14. The van der Waals surface area contributed by atoms with Crippen molar-refractivity contribution in [3.8, 4) is 0 Å². The Morgan fingerprint density at radius 1 is 1.44 bits per heavy atom. The molecule has 0 saturated carbocycles. The zero-order chi connectivity index (χ0) is 18.7. The minimum absolute atomic E-state index is 0.0805. The molecule has 138 valence electrons. The number of rotatable bonds is 3. The van der Waals surface area contributed by atoms with E-state index in [4.69, 9.17) is 4.74 Å². The van der Waals surface area contributed by atoms with Gasteiger partial charge in [-0.05, 0) is 54.0 Å². The molecule has 0 unspecified atom stereocenters. The topological polar surface area (TPSA) is 49.8 Å². The van der Waals surface area contributed by atoms with Crippen LogP contribution in [0.4, 0.5) is 9.80 Å². The molecule has 0 aromatic heterocycles. The van der Waals surface area contributed by atoms with Crippen LogP contribution in [0, 0.1) is 12.8 Å². The molecule has 1 aromatic rings. The van der Waals surface area contributed by atoms with Crippen LogP contribution in [0.25, 0.3) is 0 Å². The number of aliphatic hydroxyl groups is 1. The van der Waals surface area contributed by atoms with Crippen molar-refractivity contribution in [2.24, 2.45) is 5.92 Å². The van der Waals surface area contributed by atoms with Crippen molar-refractivity contribution in [3.63, 3.8) is 0 Å². The largest absolute Gasteiger partial charge is 0.396 e. The Balaban J connectivity index is 2.22. The number of fused-ring (bicyclic) bond motifs is 2. The molecule has 1 aromatic carbocycles. The molecule has 2 heterocycles. The van der Waals surface area contributed by atoms with Crippen molar-refractivity contribution in [1.29, 1.82) is 0 Å². The number of benzene rings is 1. The quantitative estimate of drug-likeness (QED) is 0.585. The summed E-state index contributed by atoms with van der Waals surface area (Å²) in [5.74, 6) is -0.439. The van der Waals surface area contributed by atoms with Gasteiger partial charge in [-0.1, -0.05) is 13.0 Å². The third-order valence-electron chi connectivity index (χ3n) is 5.69. The van der Waals surface area contributed by atoms with Gasteiger partial charge in [-0.2, -0.15) is 0 Å². The van der Waals surface area contributed by atoms with Gasteiger partial charge in [0, 0.05) is 35.1 Å². The summed E-state index contributed by atoms with van der Waals surface area (Å²) >= 11 is 3.56. The molecule has 3 rings (SSSR count). The molecular weight excluding hydrogens is 405 g/mol. The van der Waals surface area contributed by atoms with Crippen LogP contribution in [-0.4, -0.2) is 39.2 Å². The van der Waals surface area contributed by atoms with Gasteiger partial charge in [0.25, 0.3) is 5.91 Å².